The second kappa shape index (κ2) is 4.64. The van der Waals surface area contributed by atoms with Crippen molar-refractivity contribution in [2.75, 3.05) is 0 Å². The molecule has 1 N–H and O–H groups in total. The summed E-state index contributed by atoms with van der Waals surface area (Å²) in [5.74, 6) is 0. The second-order valence-corrected chi connectivity index (χ2v) is 5.28. The van der Waals surface area contributed by atoms with Gasteiger partial charge in [0.25, 0.3) is 0 Å². The van der Waals surface area contributed by atoms with Crippen molar-refractivity contribution in [3.63, 3.8) is 0 Å². The number of aryl methyl sites for hydroxylation is 3. The van der Waals surface area contributed by atoms with Crippen molar-refractivity contribution >= 4 is 17.2 Å². The van der Waals surface area contributed by atoms with Gasteiger partial charge in [0.2, 0.25) is 0 Å². The van der Waals surface area contributed by atoms with Gasteiger partial charge in [-0.1, -0.05) is 36.4 Å². The molecule has 0 radical (unpaired) electrons. The molecule has 0 unspecified atom stereocenters. The lowest BCUT2D eigenvalue weighted by Gasteiger charge is -2.03. The number of carbonyl (C=O) groups is 1. The maximum Gasteiger partial charge on any atom is 0.152 e. The van der Waals surface area contributed by atoms with Crippen LogP contribution in [0, 0.1) is 20.8 Å². The van der Waals surface area contributed by atoms with E-state index in [1.54, 1.807) is 0 Å². The summed E-state index contributed by atoms with van der Waals surface area (Å²) >= 11 is 0. The second-order valence-electron chi connectivity index (χ2n) is 5.28. The van der Waals surface area contributed by atoms with Gasteiger partial charge in [0.05, 0.1) is 5.69 Å². The fraction of sp³-hybridized carbons (Fsp3) is 0.167. The van der Waals surface area contributed by atoms with Crippen LogP contribution in [0.1, 0.15) is 27.0 Å². The summed E-state index contributed by atoms with van der Waals surface area (Å²) in [7, 11) is 0. The molecule has 2 nitrogen and oxygen atoms in total. The third-order valence-electron chi connectivity index (χ3n) is 4.08. The Kier molecular flexibility index (Phi) is 2.94. The number of aromatic nitrogens is 1. The Labute approximate surface area is 118 Å². The van der Waals surface area contributed by atoms with Gasteiger partial charge in [-0.15, -0.1) is 0 Å². The molecular weight excluding hydrogens is 246 g/mol. The molecule has 0 saturated heterocycles. The van der Waals surface area contributed by atoms with Gasteiger partial charge in [-0.05, 0) is 37.5 Å². The maximum atomic E-state index is 11.6. The normalized spacial score (nSPS) is 10.9. The highest BCUT2D eigenvalue weighted by molar-refractivity contribution is 6.05. The van der Waals surface area contributed by atoms with E-state index in [1.165, 1.54) is 11.1 Å². The molecule has 0 aliphatic heterocycles. The number of aromatic amines is 1. The van der Waals surface area contributed by atoms with Crippen molar-refractivity contribution in [2.45, 2.75) is 20.8 Å². The minimum absolute atomic E-state index is 0.748. The number of H-pyrrole nitrogens is 1. The standard InChI is InChI=1S/C18H17NO/c1-11-8-9-15-16(10-20)18(19-17(15)13(11)3)14-7-5-4-6-12(14)2/h4-10,19H,1-3H3. The highest BCUT2D eigenvalue weighted by atomic mass is 16.1. The van der Waals surface area contributed by atoms with Gasteiger partial charge in [-0.3, -0.25) is 4.79 Å². The van der Waals surface area contributed by atoms with Crippen LogP contribution in [-0.2, 0) is 0 Å². The van der Waals surface area contributed by atoms with Gasteiger partial charge < -0.3 is 4.98 Å². The van der Waals surface area contributed by atoms with E-state index >= 15 is 0 Å². The van der Waals surface area contributed by atoms with E-state index in [4.69, 9.17) is 0 Å². The predicted molar refractivity (Wildman–Crippen MR) is 83.3 cm³/mol. The molecule has 0 atom stereocenters. The first-order valence-corrected chi connectivity index (χ1v) is 6.76. The average Bonchev–Trinajstić information content (AvgIpc) is 2.82. The van der Waals surface area contributed by atoms with Gasteiger partial charge >= 0.3 is 0 Å². The SMILES string of the molecule is Cc1ccccc1-c1[nH]c2c(C)c(C)ccc2c1C=O. The van der Waals surface area contributed by atoms with Crippen molar-refractivity contribution in [3.05, 3.63) is 58.7 Å². The van der Waals surface area contributed by atoms with Crippen LogP contribution >= 0.6 is 0 Å². The van der Waals surface area contributed by atoms with Gasteiger partial charge in [0.15, 0.2) is 6.29 Å². The van der Waals surface area contributed by atoms with E-state index in [9.17, 15) is 4.79 Å². The minimum atomic E-state index is 0.748. The summed E-state index contributed by atoms with van der Waals surface area (Å²) in [6, 6.07) is 12.2. The molecule has 0 aliphatic carbocycles. The van der Waals surface area contributed by atoms with Crippen molar-refractivity contribution in [1.82, 2.24) is 4.98 Å². The first kappa shape index (κ1) is 12.7. The molecule has 1 heterocycles. The number of nitrogens with one attached hydrogen (secondary N) is 1. The Hall–Kier alpha value is -2.35. The van der Waals surface area contributed by atoms with Gasteiger partial charge in [0.1, 0.15) is 0 Å². The van der Waals surface area contributed by atoms with E-state index in [-0.39, 0.29) is 0 Å². The lowest BCUT2D eigenvalue weighted by atomic mass is 10.0. The van der Waals surface area contributed by atoms with Crippen molar-refractivity contribution in [3.8, 4) is 11.3 Å². The van der Waals surface area contributed by atoms with Crippen molar-refractivity contribution in [2.24, 2.45) is 0 Å². The molecule has 100 valence electrons. The summed E-state index contributed by atoms with van der Waals surface area (Å²) in [5, 5.41) is 1.00. The van der Waals surface area contributed by atoms with Crippen LogP contribution in [0.4, 0.5) is 0 Å². The average molecular weight is 263 g/mol. The Bertz CT molecular complexity index is 812. The van der Waals surface area contributed by atoms with Crippen molar-refractivity contribution in [1.29, 1.82) is 0 Å². The van der Waals surface area contributed by atoms with Crippen LogP contribution in [0.25, 0.3) is 22.2 Å². The maximum absolute atomic E-state index is 11.6. The van der Waals surface area contributed by atoms with Crippen LogP contribution in [0.15, 0.2) is 36.4 Å². The summed E-state index contributed by atoms with van der Waals surface area (Å²) in [5.41, 5.74) is 7.40. The third kappa shape index (κ3) is 1.76. The monoisotopic (exact) mass is 263 g/mol. The molecule has 0 fully saturated rings. The first-order valence-electron chi connectivity index (χ1n) is 6.76. The Morgan fingerprint density at radius 2 is 1.70 bits per heavy atom. The van der Waals surface area contributed by atoms with Gasteiger partial charge in [0, 0.05) is 22.0 Å². The van der Waals surface area contributed by atoms with E-state index in [0.717, 1.165) is 39.6 Å². The quantitative estimate of drug-likeness (QED) is 0.675. The number of benzene rings is 2. The molecule has 0 saturated carbocycles. The molecule has 3 aromatic rings. The molecule has 0 amide bonds. The van der Waals surface area contributed by atoms with Crippen LogP contribution in [-0.4, -0.2) is 11.3 Å². The van der Waals surface area contributed by atoms with E-state index < -0.39 is 0 Å². The van der Waals surface area contributed by atoms with Crippen LogP contribution in [0.5, 0.6) is 0 Å². The fourth-order valence-electron chi connectivity index (χ4n) is 2.72. The number of fused-ring (bicyclic) bond motifs is 1. The zero-order valence-electron chi connectivity index (χ0n) is 11.9. The summed E-state index contributed by atoms with van der Waals surface area (Å²) < 4.78 is 0. The molecule has 0 spiro atoms. The van der Waals surface area contributed by atoms with Gasteiger partial charge in [-0.25, -0.2) is 0 Å². The molecule has 2 heteroatoms. The fourth-order valence-corrected chi connectivity index (χ4v) is 2.72. The smallest absolute Gasteiger partial charge is 0.152 e. The number of hydrogen-bond acceptors (Lipinski definition) is 1. The third-order valence-corrected chi connectivity index (χ3v) is 4.08. The predicted octanol–water partition coefficient (Wildman–Crippen LogP) is 4.57. The number of hydrogen-bond donors (Lipinski definition) is 1. The number of aldehydes is 1. The molecule has 2 aromatic carbocycles. The molecule has 0 bridgehead atoms. The van der Waals surface area contributed by atoms with Crippen LogP contribution < -0.4 is 0 Å². The Morgan fingerprint density at radius 3 is 2.40 bits per heavy atom. The van der Waals surface area contributed by atoms with E-state index in [2.05, 4.69) is 44.0 Å². The summed E-state index contributed by atoms with van der Waals surface area (Å²) in [6.07, 6.45) is 0.954. The zero-order valence-corrected chi connectivity index (χ0v) is 11.9. The number of rotatable bonds is 2. The van der Waals surface area contributed by atoms with Crippen LogP contribution in [0.3, 0.4) is 0 Å². The lowest BCUT2D eigenvalue weighted by molar-refractivity contribution is 0.112. The van der Waals surface area contributed by atoms with Gasteiger partial charge in [-0.2, -0.15) is 0 Å². The molecule has 0 aliphatic rings. The topological polar surface area (TPSA) is 32.9 Å². The first-order chi connectivity index (χ1) is 9.63. The molecular formula is C18H17NO. The minimum Gasteiger partial charge on any atom is -0.354 e. The highest BCUT2D eigenvalue weighted by Crippen LogP contribution is 2.33. The van der Waals surface area contributed by atoms with E-state index in [1.807, 2.05) is 18.2 Å². The summed E-state index contributed by atoms with van der Waals surface area (Å²) in [4.78, 5) is 15.0. The van der Waals surface area contributed by atoms with Crippen LogP contribution in [0.2, 0.25) is 0 Å². The molecule has 20 heavy (non-hydrogen) atoms. The summed E-state index contributed by atoms with van der Waals surface area (Å²) in [6.45, 7) is 6.24. The highest BCUT2D eigenvalue weighted by Gasteiger charge is 2.15. The number of carbonyl (C=O) groups excluding carboxylic acids is 1. The zero-order chi connectivity index (χ0) is 14.3. The largest absolute Gasteiger partial charge is 0.354 e. The molecule has 1 aromatic heterocycles. The lowest BCUT2D eigenvalue weighted by Crippen LogP contribution is -1.87. The Balaban J connectivity index is 2.40. The Morgan fingerprint density at radius 1 is 0.950 bits per heavy atom. The van der Waals surface area contributed by atoms with Crippen molar-refractivity contribution < 1.29 is 4.79 Å². The van der Waals surface area contributed by atoms with E-state index in [0.29, 0.717) is 0 Å². The molecule has 3 rings (SSSR count).